The van der Waals surface area contributed by atoms with Crippen LogP contribution in [0.25, 0.3) is 0 Å². The van der Waals surface area contributed by atoms with Crippen molar-refractivity contribution in [2.45, 2.75) is 181 Å². The average molecular weight is 1080 g/mol. The second-order valence-electron chi connectivity index (χ2n) is 23.0. The van der Waals surface area contributed by atoms with E-state index in [0.29, 0.717) is 73.8 Å². The van der Waals surface area contributed by atoms with Crippen molar-refractivity contribution in [3.05, 3.63) is 49.4 Å². The van der Waals surface area contributed by atoms with Crippen LogP contribution in [-0.4, -0.2) is 114 Å². The molecule has 5 aliphatic rings. The molecule has 16 heteroatoms. The van der Waals surface area contributed by atoms with Crippen molar-refractivity contribution >= 4 is 34.2 Å². The van der Waals surface area contributed by atoms with Crippen molar-refractivity contribution in [2.24, 2.45) is 47.3 Å². The minimum Gasteiger partial charge on any atom is -0.501 e. The highest BCUT2D eigenvalue weighted by atomic mass is 28.5. The molecule has 4 saturated carbocycles. The summed E-state index contributed by atoms with van der Waals surface area (Å²) in [5.74, 6) is 4.82. The Kier molecular flexibility index (Phi) is 28.9. The van der Waals surface area contributed by atoms with E-state index in [-0.39, 0.29) is 0 Å². The first kappa shape index (κ1) is 61.6. The molecule has 0 unspecified atom stereocenters. The van der Waals surface area contributed by atoms with Gasteiger partial charge in [-0.05, 0) is 204 Å². The highest BCUT2D eigenvalue weighted by Crippen LogP contribution is 2.39. The predicted molar refractivity (Wildman–Crippen MR) is 298 cm³/mol. The molecule has 0 amide bonds. The van der Waals surface area contributed by atoms with Crippen molar-refractivity contribution in [1.29, 1.82) is 0 Å². The summed E-state index contributed by atoms with van der Waals surface area (Å²) in [7, 11) is -11.7. The first-order chi connectivity index (χ1) is 34.9. The third-order valence-electron chi connectivity index (χ3n) is 16.1. The molecule has 72 heavy (non-hydrogen) atoms. The van der Waals surface area contributed by atoms with Gasteiger partial charge in [0.25, 0.3) is 0 Å². The lowest BCUT2D eigenvalue weighted by molar-refractivity contribution is 0.0658. The molecule has 1 heterocycles. The van der Waals surface area contributed by atoms with Crippen LogP contribution in [0.1, 0.15) is 130 Å². The Labute approximate surface area is 443 Å². The molecule has 416 valence electrons. The fourth-order valence-electron chi connectivity index (χ4n) is 11.8. The van der Waals surface area contributed by atoms with E-state index in [1.54, 1.807) is 0 Å². The number of hydrogen-bond acceptors (Lipinski definition) is 12. The molecule has 0 aromatic heterocycles. The zero-order chi connectivity index (χ0) is 51.4. The molecule has 0 atom stereocenters. The Morgan fingerprint density at radius 1 is 0.292 bits per heavy atom. The third kappa shape index (κ3) is 23.9. The lowest BCUT2D eigenvalue weighted by atomic mass is 9.83. The van der Waals surface area contributed by atoms with Gasteiger partial charge in [0.05, 0.1) is 51.5 Å². The highest BCUT2D eigenvalue weighted by molar-refractivity contribution is 6.94. The van der Waals surface area contributed by atoms with Crippen LogP contribution in [0.5, 0.6) is 0 Å². The predicted octanol–water partition coefficient (Wildman–Crippen LogP) is 13.8. The SMILES string of the molecule is C/C=C/OCC1CCC(COCC[Si]2(C)O[Si](C)(CCOCC3CCC(CO/C=C/C)CC3)O[Si](C)(CCOCC3CCC(CO/C=C/C)CC3)O[Si](C)(CCOCC3CCC(CO/C=C/C)CC3)O2)CC1. The van der Waals surface area contributed by atoms with Crippen molar-refractivity contribution in [2.75, 3.05) is 79.3 Å². The van der Waals surface area contributed by atoms with Gasteiger partial charge in [0.2, 0.25) is 0 Å². The second kappa shape index (κ2) is 33.8. The standard InChI is InChI=1S/C56H104O12Si4/c1-9-29-57-41-49-13-21-53(22-14-49)45-61-33-37-69(5)65-70(6,38-34-62-46-54-23-15-50(16-24-54)42-58-30-10-2)67-72(8,40-36-64-48-56-27-19-52(20-28-56)44-60-32-12-4)68-71(7,66-69)39-35-63-47-55-25-17-51(18-26-55)43-59-31-11-3/h9-12,29-32,49-56H,13-28,33-48H2,1-8H3/b29-9+,30-10+,31-11+,32-12+. The maximum Gasteiger partial charge on any atom is 0.319 e. The van der Waals surface area contributed by atoms with E-state index in [9.17, 15) is 0 Å². The summed E-state index contributed by atoms with van der Waals surface area (Å²) in [6.45, 7) is 25.8. The van der Waals surface area contributed by atoms with Crippen LogP contribution >= 0.6 is 0 Å². The molecule has 0 aromatic carbocycles. The van der Waals surface area contributed by atoms with Crippen LogP contribution in [0.3, 0.4) is 0 Å². The van der Waals surface area contributed by atoms with E-state index < -0.39 is 34.2 Å². The first-order valence-electron chi connectivity index (χ1n) is 28.9. The monoisotopic (exact) mass is 1080 g/mol. The van der Waals surface area contributed by atoms with E-state index in [1.165, 1.54) is 103 Å². The smallest absolute Gasteiger partial charge is 0.319 e. The average Bonchev–Trinajstić information content (AvgIpc) is 3.36. The topological polar surface area (TPSA) is 111 Å². The van der Waals surface area contributed by atoms with Gasteiger partial charge in [-0.25, -0.2) is 0 Å². The maximum absolute atomic E-state index is 7.57. The van der Waals surface area contributed by atoms with Gasteiger partial charge in [-0.1, -0.05) is 24.3 Å². The minimum atomic E-state index is -2.92. The normalized spacial score (nSPS) is 35.2. The van der Waals surface area contributed by atoms with Gasteiger partial charge in [0.1, 0.15) is 0 Å². The van der Waals surface area contributed by atoms with Crippen LogP contribution in [0.15, 0.2) is 49.4 Å². The summed E-state index contributed by atoms with van der Waals surface area (Å²) in [5, 5.41) is 0. The van der Waals surface area contributed by atoms with E-state index in [2.05, 4.69) is 26.2 Å². The van der Waals surface area contributed by atoms with Crippen molar-refractivity contribution in [1.82, 2.24) is 0 Å². The zero-order valence-corrected chi connectivity index (χ0v) is 50.8. The number of ether oxygens (including phenoxy) is 8. The molecule has 5 rings (SSSR count). The van der Waals surface area contributed by atoms with Crippen LogP contribution in [-0.2, 0) is 54.4 Å². The molecule has 0 N–H and O–H groups in total. The van der Waals surface area contributed by atoms with Crippen molar-refractivity contribution in [3.8, 4) is 0 Å². The third-order valence-corrected chi connectivity index (χ3v) is 34.3. The van der Waals surface area contributed by atoms with Crippen LogP contribution in [0, 0.1) is 47.3 Å². The van der Waals surface area contributed by atoms with E-state index in [0.717, 1.165) is 77.0 Å². The summed E-state index contributed by atoms with van der Waals surface area (Å²) in [5.41, 5.74) is 0. The molecule has 5 fully saturated rings. The summed E-state index contributed by atoms with van der Waals surface area (Å²) in [6.07, 6.45) is 34.1. The van der Waals surface area contributed by atoms with Gasteiger partial charge in [0.15, 0.2) is 0 Å². The fourth-order valence-corrected chi connectivity index (χ4v) is 33.9. The van der Waals surface area contributed by atoms with Crippen LogP contribution < -0.4 is 0 Å². The van der Waals surface area contributed by atoms with Gasteiger partial charge in [0, 0.05) is 77.0 Å². The van der Waals surface area contributed by atoms with E-state index in [4.69, 9.17) is 54.4 Å². The van der Waals surface area contributed by atoms with Crippen molar-refractivity contribution in [3.63, 3.8) is 0 Å². The van der Waals surface area contributed by atoms with Gasteiger partial charge < -0.3 is 54.4 Å². The quantitative estimate of drug-likeness (QED) is 0.0363. The molecule has 12 nitrogen and oxygen atoms in total. The van der Waals surface area contributed by atoms with Crippen LogP contribution in [0.2, 0.25) is 50.4 Å². The number of allylic oxidation sites excluding steroid dienone is 4. The van der Waals surface area contributed by atoms with Gasteiger partial charge in [-0.2, -0.15) is 0 Å². The Morgan fingerprint density at radius 2 is 0.458 bits per heavy atom. The molecule has 0 aromatic rings. The lowest BCUT2D eigenvalue weighted by Crippen LogP contribution is -2.68. The van der Waals surface area contributed by atoms with Gasteiger partial charge >= 0.3 is 34.2 Å². The summed E-state index contributed by atoms with van der Waals surface area (Å²) in [6, 6.07) is 2.91. The molecule has 0 spiro atoms. The Morgan fingerprint density at radius 3 is 0.625 bits per heavy atom. The molecule has 0 bridgehead atoms. The maximum atomic E-state index is 7.57. The zero-order valence-electron chi connectivity index (χ0n) is 46.8. The molecule has 4 aliphatic carbocycles. The molecule has 1 aliphatic heterocycles. The molecular weight excluding hydrogens is 977 g/mol. The number of hydrogen-bond donors (Lipinski definition) is 0. The molecular formula is C56H104O12Si4. The summed E-state index contributed by atoms with van der Waals surface area (Å²) >= 11 is 0. The molecule has 0 radical (unpaired) electrons. The lowest BCUT2D eigenvalue weighted by Gasteiger charge is -2.50. The van der Waals surface area contributed by atoms with Gasteiger partial charge in [-0.3, -0.25) is 0 Å². The fraction of sp³-hybridized carbons (Fsp3) is 0.857. The number of rotatable bonds is 32. The highest BCUT2D eigenvalue weighted by Gasteiger charge is 2.56. The van der Waals surface area contributed by atoms with E-state index in [1.807, 2.05) is 77.0 Å². The van der Waals surface area contributed by atoms with Crippen molar-refractivity contribution < 1.29 is 54.4 Å². The van der Waals surface area contributed by atoms with Crippen LogP contribution in [0.4, 0.5) is 0 Å². The first-order valence-corrected chi connectivity index (χ1v) is 39.0. The van der Waals surface area contributed by atoms with E-state index >= 15 is 0 Å². The largest absolute Gasteiger partial charge is 0.501 e. The summed E-state index contributed by atoms with van der Waals surface area (Å²) < 4.78 is 79.4. The van der Waals surface area contributed by atoms with Gasteiger partial charge in [-0.15, -0.1) is 0 Å². The molecule has 1 saturated heterocycles. The Bertz CT molecular complexity index is 1300. The second-order valence-corrected chi connectivity index (χ2v) is 37.3. The Balaban J connectivity index is 1.23. The summed E-state index contributed by atoms with van der Waals surface area (Å²) in [4.78, 5) is 0. The minimum absolute atomic E-state index is 0.576. The Hall–Kier alpha value is -1.29.